The predicted molar refractivity (Wildman–Crippen MR) is 179 cm³/mol. The lowest BCUT2D eigenvalue weighted by molar-refractivity contribution is -0.146. The van der Waals surface area contributed by atoms with Crippen LogP contribution in [0, 0.1) is 9.49 Å². The second-order valence-electron chi connectivity index (χ2n) is 11.6. The maximum Gasteiger partial charge on any atom is 0.328 e. The third kappa shape index (κ3) is 8.45. The van der Waals surface area contributed by atoms with Crippen LogP contribution in [0.2, 0.25) is 0 Å². The number of hydrogen-bond donors (Lipinski definition) is 3. The summed E-state index contributed by atoms with van der Waals surface area (Å²) in [6.45, 7) is 5.09. The minimum Gasteiger partial charge on any atom is -0.467 e. The third-order valence-corrected chi connectivity index (χ3v) is 8.34. The summed E-state index contributed by atoms with van der Waals surface area (Å²) in [6, 6.07) is 15.7. The van der Waals surface area contributed by atoms with Crippen LogP contribution < -0.4 is 16.0 Å². The number of ketones is 2. The van der Waals surface area contributed by atoms with E-state index in [9.17, 15) is 28.8 Å². The molecule has 0 heterocycles. The van der Waals surface area contributed by atoms with Crippen molar-refractivity contribution in [3.8, 4) is 0 Å². The number of benzene rings is 3. The molecule has 3 N–H and O–H groups in total. The Balaban J connectivity index is 1.59. The van der Waals surface area contributed by atoms with Crippen LogP contribution in [0.3, 0.4) is 0 Å². The van der Waals surface area contributed by atoms with Crippen LogP contribution in [0.15, 0.2) is 66.7 Å². The van der Waals surface area contributed by atoms with Gasteiger partial charge in [0.15, 0.2) is 11.6 Å². The van der Waals surface area contributed by atoms with Crippen LogP contribution in [0.1, 0.15) is 70.2 Å². The molecule has 3 aromatic carbocycles. The lowest BCUT2D eigenvalue weighted by Crippen LogP contribution is -2.57. The summed E-state index contributed by atoms with van der Waals surface area (Å²) >= 11 is 2.17. The van der Waals surface area contributed by atoms with E-state index < -0.39 is 41.8 Å². The minimum atomic E-state index is -1.11. The Hall–Kier alpha value is -4.39. The van der Waals surface area contributed by atoms with Crippen molar-refractivity contribution in [2.75, 3.05) is 7.11 Å². The highest BCUT2D eigenvalue weighted by Gasteiger charge is 2.32. The van der Waals surface area contributed by atoms with Gasteiger partial charge in [0.1, 0.15) is 18.1 Å². The fourth-order valence-corrected chi connectivity index (χ4v) is 5.76. The van der Waals surface area contributed by atoms with Crippen molar-refractivity contribution in [2.45, 2.75) is 58.2 Å². The highest BCUT2D eigenvalue weighted by molar-refractivity contribution is 14.1. The van der Waals surface area contributed by atoms with Gasteiger partial charge in [0, 0.05) is 45.6 Å². The molecule has 3 aromatic rings. The molecule has 46 heavy (non-hydrogen) atoms. The van der Waals surface area contributed by atoms with E-state index in [2.05, 4.69) is 38.5 Å². The van der Waals surface area contributed by atoms with E-state index in [1.165, 1.54) is 14.0 Å². The Morgan fingerprint density at radius 1 is 0.696 bits per heavy atom. The molecular formula is C35H36IN3O7. The SMILES string of the molecule is COC(=O)[C@H](CC(C)C)NC(=O)[C@H](Cc1ccc(I)cc1)NC(=O)[C@H](Cc1ccc2c(c1)C(=O)c1ccccc1C2=O)NC(C)=O. The van der Waals surface area contributed by atoms with E-state index in [-0.39, 0.29) is 41.5 Å². The van der Waals surface area contributed by atoms with E-state index in [0.29, 0.717) is 23.1 Å². The first-order valence-corrected chi connectivity index (χ1v) is 16.0. The zero-order valence-corrected chi connectivity index (χ0v) is 28.2. The number of carbonyl (C=O) groups excluding carboxylic acids is 6. The molecular weight excluding hydrogens is 701 g/mol. The number of carbonyl (C=O) groups is 6. The quantitative estimate of drug-likeness (QED) is 0.149. The van der Waals surface area contributed by atoms with Crippen molar-refractivity contribution >= 4 is 57.8 Å². The Kier molecular flexibility index (Phi) is 11.4. The summed E-state index contributed by atoms with van der Waals surface area (Å²) in [4.78, 5) is 78.3. The van der Waals surface area contributed by atoms with Crippen LogP contribution in [-0.2, 0) is 36.8 Å². The number of methoxy groups -OCH3 is 1. The number of nitrogens with one attached hydrogen (secondary N) is 3. The molecule has 1 aliphatic carbocycles. The first-order valence-electron chi connectivity index (χ1n) is 14.9. The van der Waals surface area contributed by atoms with Gasteiger partial charge in [-0.3, -0.25) is 24.0 Å². The molecule has 4 rings (SSSR count). The van der Waals surface area contributed by atoms with Crippen molar-refractivity contribution in [3.05, 3.63) is 104 Å². The molecule has 10 nitrogen and oxygen atoms in total. The number of esters is 1. The first-order chi connectivity index (χ1) is 21.9. The summed E-state index contributed by atoms with van der Waals surface area (Å²) in [5.41, 5.74) is 2.44. The first kappa shape index (κ1) is 34.5. The fourth-order valence-electron chi connectivity index (χ4n) is 5.40. The molecule has 0 saturated heterocycles. The topological polar surface area (TPSA) is 148 Å². The van der Waals surface area contributed by atoms with Gasteiger partial charge in [0.25, 0.3) is 0 Å². The lowest BCUT2D eigenvalue weighted by atomic mass is 9.83. The summed E-state index contributed by atoms with van der Waals surface area (Å²) in [5.74, 6) is -2.78. The Morgan fingerprint density at radius 3 is 1.76 bits per heavy atom. The minimum absolute atomic E-state index is 0.0161. The molecule has 0 spiro atoms. The van der Waals surface area contributed by atoms with Gasteiger partial charge in [-0.05, 0) is 64.3 Å². The Morgan fingerprint density at radius 2 is 1.20 bits per heavy atom. The molecule has 3 atom stereocenters. The predicted octanol–water partition coefficient (Wildman–Crippen LogP) is 3.55. The molecule has 11 heteroatoms. The van der Waals surface area contributed by atoms with Gasteiger partial charge in [-0.2, -0.15) is 0 Å². The zero-order valence-electron chi connectivity index (χ0n) is 26.0. The smallest absolute Gasteiger partial charge is 0.328 e. The number of halogens is 1. The van der Waals surface area contributed by atoms with Crippen LogP contribution in [0.25, 0.3) is 0 Å². The normalized spacial score (nSPS) is 14.0. The highest BCUT2D eigenvalue weighted by atomic mass is 127. The molecule has 1 aliphatic rings. The van der Waals surface area contributed by atoms with Crippen LogP contribution in [0.4, 0.5) is 0 Å². The van der Waals surface area contributed by atoms with Crippen LogP contribution >= 0.6 is 22.6 Å². The van der Waals surface area contributed by atoms with Gasteiger partial charge in [-0.1, -0.05) is 62.4 Å². The van der Waals surface area contributed by atoms with Crippen molar-refractivity contribution in [2.24, 2.45) is 5.92 Å². The maximum absolute atomic E-state index is 13.7. The average Bonchev–Trinajstić information content (AvgIpc) is 3.02. The van der Waals surface area contributed by atoms with Gasteiger partial charge in [-0.15, -0.1) is 0 Å². The van der Waals surface area contributed by atoms with E-state index >= 15 is 0 Å². The second kappa shape index (κ2) is 15.3. The average molecular weight is 738 g/mol. The number of amides is 3. The van der Waals surface area contributed by atoms with Crippen LogP contribution in [0.5, 0.6) is 0 Å². The summed E-state index contributed by atoms with van der Waals surface area (Å²) in [7, 11) is 1.24. The highest BCUT2D eigenvalue weighted by Crippen LogP contribution is 2.28. The summed E-state index contributed by atoms with van der Waals surface area (Å²) in [6.07, 6.45) is 0.435. The van der Waals surface area contributed by atoms with Crippen molar-refractivity contribution in [3.63, 3.8) is 0 Å². The second-order valence-corrected chi connectivity index (χ2v) is 12.9. The number of ether oxygens (including phenoxy) is 1. The molecule has 240 valence electrons. The zero-order chi connectivity index (χ0) is 33.5. The van der Waals surface area contributed by atoms with Crippen LogP contribution in [-0.4, -0.2) is 60.5 Å². The molecule has 0 saturated carbocycles. The molecule has 0 aromatic heterocycles. The van der Waals surface area contributed by atoms with Gasteiger partial charge in [0.2, 0.25) is 17.7 Å². The molecule has 3 amide bonds. The monoisotopic (exact) mass is 737 g/mol. The van der Waals surface area contributed by atoms with Crippen molar-refractivity contribution in [1.82, 2.24) is 16.0 Å². The molecule has 0 radical (unpaired) electrons. The van der Waals surface area contributed by atoms with Crippen molar-refractivity contribution in [1.29, 1.82) is 0 Å². The van der Waals surface area contributed by atoms with Gasteiger partial charge in [-0.25, -0.2) is 4.79 Å². The molecule has 0 unspecified atom stereocenters. The van der Waals surface area contributed by atoms with Crippen molar-refractivity contribution < 1.29 is 33.5 Å². The number of fused-ring (bicyclic) bond motifs is 2. The molecule has 0 bridgehead atoms. The fraction of sp³-hybridized carbons (Fsp3) is 0.314. The lowest BCUT2D eigenvalue weighted by Gasteiger charge is -2.26. The number of hydrogen-bond acceptors (Lipinski definition) is 7. The van der Waals surface area contributed by atoms with Gasteiger partial charge in [0.05, 0.1) is 7.11 Å². The largest absolute Gasteiger partial charge is 0.467 e. The molecule has 0 fully saturated rings. The maximum atomic E-state index is 13.7. The summed E-state index contributed by atoms with van der Waals surface area (Å²) < 4.78 is 5.89. The Labute approximate surface area is 281 Å². The van der Waals surface area contributed by atoms with E-state index in [4.69, 9.17) is 4.74 Å². The van der Waals surface area contributed by atoms with E-state index in [1.807, 2.05) is 38.1 Å². The molecule has 0 aliphatic heterocycles. The standard InChI is InChI=1S/C35H36IN3O7/c1-19(2)15-30(35(45)46-4)39-34(44)29(17-21-9-12-23(36)13-10-21)38-33(43)28(37-20(3)40)18-22-11-14-26-27(16-22)32(42)25-8-6-5-7-24(25)31(26)41/h5-14,16,19,28-30H,15,17-18H2,1-4H3,(H,37,40)(H,38,43)(H,39,44)/t28-,29-,30-/m0/s1. The third-order valence-electron chi connectivity index (χ3n) is 7.62. The van der Waals surface area contributed by atoms with Gasteiger partial charge >= 0.3 is 5.97 Å². The Bertz CT molecular complexity index is 1670. The van der Waals surface area contributed by atoms with E-state index in [1.54, 1.807) is 42.5 Å². The summed E-state index contributed by atoms with van der Waals surface area (Å²) in [5, 5.41) is 8.15. The van der Waals surface area contributed by atoms with E-state index in [0.717, 1.165) is 9.13 Å². The van der Waals surface area contributed by atoms with Gasteiger partial charge < -0.3 is 20.7 Å². The number of rotatable bonds is 12.